The molecule has 2 amide bonds. The van der Waals surface area contributed by atoms with Gasteiger partial charge in [-0.1, -0.05) is 0 Å². The van der Waals surface area contributed by atoms with Crippen molar-refractivity contribution in [2.75, 3.05) is 33.2 Å². The molecule has 2 atom stereocenters. The average Bonchev–Trinajstić information content (AvgIpc) is 2.75. The van der Waals surface area contributed by atoms with Gasteiger partial charge < -0.3 is 20.9 Å². The van der Waals surface area contributed by atoms with E-state index in [1.807, 2.05) is 11.9 Å². The molecule has 0 radical (unpaired) electrons. The highest BCUT2D eigenvalue weighted by molar-refractivity contribution is 5.91. The molecule has 96 valence electrons. The van der Waals surface area contributed by atoms with Crippen molar-refractivity contribution in [3.63, 3.8) is 0 Å². The Hall–Kier alpha value is -1.14. The van der Waals surface area contributed by atoms with Gasteiger partial charge >= 0.3 is 0 Å². The van der Waals surface area contributed by atoms with Gasteiger partial charge in [-0.25, -0.2) is 0 Å². The molecular weight excluding hydrogens is 220 g/mol. The molecule has 0 aromatic carbocycles. The molecule has 2 aliphatic rings. The monoisotopic (exact) mass is 240 g/mol. The van der Waals surface area contributed by atoms with Gasteiger partial charge in [0.1, 0.15) is 6.04 Å². The Morgan fingerprint density at radius 2 is 2.29 bits per heavy atom. The molecule has 2 heterocycles. The highest BCUT2D eigenvalue weighted by atomic mass is 16.2. The van der Waals surface area contributed by atoms with Crippen LogP contribution in [0.5, 0.6) is 0 Å². The van der Waals surface area contributed by atoms with Gasteiger partial charge in [-0.3, -0.25) is 9.59 Å². The summed E-state index contributed by atoms with van der Waals surface area (Å²) in [4.78, 5) is 27.4. The maximum Gasteiger partial charge on any atom is 0.245 e. The molecule has 0 spiro atoms. The highest BCUT2D eigenvalue weighted by Crippen LogP contribution is 2.14. The van der Waals surface area contributed by atoms with E-state index in [-0.39, 0.29) is 23.9 Å². The van der Waals surface area contributed by atoms with Crippen LogP contribution in [-0.4, -0.2) is 66.9 Å². The SMILES string of the molecule is CN1CCN(C(=O)[C@@H]2CCC(=O)N2)C(CN)C1. The summed E-state index contributed by atoms with van der Waals surface area (Å²) in [5.74, 6) is 0.00109. The van der Waals surface area contributed by atoms with Crippen LogP contribution < -0.4 is 11.1 Å². The summed E-state index contributed by atoms with van der Waals surface area (Å²) < 4.78 is 0. The molecule has 1 unspecified atom stereocenters. The summed E-state index contributed by atoms with van der Waals surface area (Å²) in [7, 11) is 2.03. The Morgan fingerprint density at radius 1 is 1.53 bits per heavy atom. The van der Waals surface area contributed by atoms with Crippen molar-refractivity contribution in [1.29, 1.82) is 0 Å². The van der Waals surface area contributed by atoms with E-state index < -0.39 is 0 Å². The zero-order chi connectivity index (χ0) is 12.4. The van der Waals surface area contributed by atoms with Crippen LogP contribution in [0.25, 0.3) is 0 Å². The van der Waals surface area contributed by atoms with Crippen molar-refractivity contribution in [1.82, 2.24) is 15.1 Å². The van der Waals surface area contributed by atoms with Gasteiger partial charge in [0.15, 0.2) is 0 Å². The quantitative estimate of drug-likeness (QED) is 0.607. The third-order valence-electron chi connectivity index (χ3n) is 3.53. The second-order valence-corrected chi connectivity index (χ2v) is 4.84. The molecule has 2 saturated heterocycles. The number of carbonyl (C=O) groups excluding carboxylic acids is 2. The largest absolute Gasteiger partial charge is 0.344 e. The van der Waals surface area contributed by atoms with Crippen molar-refractivity contribution in [3.8, 4) is 0 Å². The molecule has 0 bridgehead atoms. The third-order valence-corrected chi connectivity index (χ3v) is 3.53. The topological polar surface area (TPSA) is 78.7 Å². The number of piperazine rings is 1. The molecule has 0 aromatic heterocycles. The molecule has 2 aliphatic heterocycles. The van der Waals surface area contributed by atoms with E-state index in [2.05, 4.69) is 10.2 Å². The highest BCUT2D eigenvalue weighted by Gasteiger charge is 2.35. The molecule has 6 heteroatoms. The van der Waals surface area contributed by atoms with Crippen LogP contribution in [0.3, 0.4) is 0 Å². The summed E-state index contributed by atoms with van der Waals surface area (Å²) in [6.45, 7) is 2.84. The van der Waals surface area contributed by atoms with Gasteiger partial charge in [0.2, 0.25) is 11.8 Å². The Balaban J connectivity index is 2.00. The third kappa shape index (κ3) is 2.58. The Labute approximate surface area is 101 Å². The first-order valence-electron chi connectivity index (χ1n) is 6.10. The van der Waals surface area contributed by atoms with Gasteiger partial charge in [-0.05, 0) is 13.5 Å². The molecule has 6 nitrogen and oxygen atoms in total. The summed E-state index contributed by atoms with van der Waals surface area (Å²) in [6.07, 6.45) is 1.07. The van der Waals surface area contributed by atoms with Crippen molar-refractivity contribution in [3.05, 3.63) is 0 Å². The van der Waals surface area contributed by atoms with Crippen LogP contribution in [-0.2, 0) is 9.59 Å². The molecule has 0 aliphatic carbocycles. The number of carbonyl (C=O) groups is 2. The second kappa shape index (κ2) is 5.01. The van der Waals surface area contributed by atoms with Crippen LogP contribution in [0.2, 0.25) is 0 Å². The Kier molecular flexibility index (Phi) is 3.63. The average molecular weight is 240 g/mol. The summed E-state index contributed by atoms with van der Waals surface area (Å²) in [6, 6.07) is -0.265. The molecular formula is C11H20N4O2. The predicted molar refractivity (Wildman–Crippen MR) is 63.2 cm³/mol. The van der Waals surface area contributed by atoms with Gasteiger partial charge in [-0.15, -0.1) is 0 Å². The van der Waals surface area contributed by atoms with Gasteiger partial charge in [-0.2, -0.15) is 0 Å². The number of rotatable bonds is 2. The number of nitrogens with zero attached hydrogens (tertiary/aromatic N) is 2. The molecule has 2 fully saturated rings. The summed E-state index contributed by atoms with van der Waals surface area (Å²) >= 11 is 0. The van der Waals surface area contributed by atoms with E-state index in [9.17, 15) is 9.59 Å². The first kappa shape index (κ1) is 12.3. The van der Waals surface area contributed by atoms with E-state index in [1.165, 1.54) is 0 Å². The van der Waals surface area contributed by atoms with Crippen molar-refractivity contribution < 1.29 is 9.59 Å². The van der Waals surface area contributed by atoms with Gasteiger partial charge in [0.05, 0.1) is 6.04 Å². The molecule has 17 heavy (non-hydrogen) atoms. The van der Waals surface area contributed by atoms with Crippen molar-refractivity contribution >= 4 is 11.8 Å². The first-order valence-corrected chi connectivity index (χ1v) is 6.10. The van der Waals surface area contributed by atoms with E-state index in [0.717, 1.165) is 13.1 Å². The zero-order valence-electron chi connectivity index (χ0n) is 10.2. The molecule has 2 rings (SSSR count). The van der Waals surface area contributed by atoms with E-state index in [1.54, 1.807) is 0 Å². The number of likely N-dealkylation sites (N-methyl/N-ethyl adjacent to an activating group) is 1. The fraction of sp³-hybridized carbons (Fsp3) is 0.818. The number of nitrogens with one attached hydrogen (secondary N) is 1. The Morgan fingerprint density at radius 3 is 2.88 bits per heavy atom. The van der Waals surface area contributed by atoms with Gasteiger partial charge in [0.25, 0.3) is 0 Å². The fourth-order valence-corrected chi connectivity index (χ4v) is 2.50. The van der Waals surface area contributed by atoms with Crippen LogP contribution in [0.4, 0.5) is 0 Å². The normalized spacial score (nSPS) is 30.5. The minimum absolute atomic E-state index is 0.0261. The summed E-state index contributed by atoms with van der Waals surface area (Å²) in [5, 5.41) is 2.72. The molecule has 3 N–H and O–H groups in total. The standard InChI is InChI=1S/C11H20N4O2/c1-14-4-5-15(8(6-12)7-14)11(17)9-2-3-10(16)13-9/h8-9H,2-7,12H2,1H3,(H,13,16)/t8?,9-/m0/s1. The predicted octanol–water partition coefficient (Wildman–Crippen LogP) is -1.63. The van der Waals surface area contributed by atoms with Crippen LogP contribution >= 0.6 is 0 Å². The van der Waals surface area contributed by atoms with Crippen LogP contribution in [0.15, 0.2) is 0 Å². The van der Waals surface area contributed by atoms with E-state index >= 15 is 0 Å². The minimum Gasteiger partial charge on any atom is -0.344 e. The zero-order valence-corrected chi connectivity index (χ0v) is 10.2. The lowest BCUT2D eigenvalue weighted by atomic mass is 10.1. The number of hydrogen-bond donors (Lipinski definition) is 2. The molecule has 0 aromatic rings. The van der Waals surface area contributed by atoms with Crippen molar-refractivity contribution in [2.24, 2.45) is 5.73 Å². The lowest BCUT2D eigenvalue weighted by Crippen LogP contribution is -2.59. The lowest BCUT2D eigenvalue weighted by molar-refractivity contribution is -0.138. The fourth-order valence-electron chi connectivity index (χ4n) is 2.50. The maximum absolute atomic E-state index is 12.3. The maximum atomic E-state index is 12.3. The van der Waals surface area contributed by atoms with Crippen molar-refractivity contribution in [2.45, 2.75) is 24.9 Å². The first-order chi connectivity index (χ1) is 8.11. The molecule has 0 saturated carbocycles. The summed E-state index contributed by atoms with van der Waals surface area (Å²) in [5.41, 5.74) is 5.71. The Bertz CT molecular complexity index is 321. The minimum atomic E-state index is -0.333. The van der Waals surface area contributed by atoms with E-state index in [0.29, 0.717) is 25.9 Å². The number of hydrogen-bond acceptors (Lipinski definition) is 4. The number of nitrogens with two attached hydrogens (primary N) is 1. The number of amides is 2. The van der Waals surface area contributed by atoms with E-state index in [4.69, 9.17) is 5.73 Å². The smallest absolute Gasteiger partial charge is 0.245 e. The van der Waals surface area contributed by atoms with Crippen LogP contribution in [0.1, 0.15) is 12.8 Å². The lowest BCUT2D eigenvalue weighted by Gasteiger charge is -2.40. The second-order valence-electron chi connectivity index (χ2n) is 4.84. The van der Waals surface area contributed by atoms with Crippen LogP contribution in [0, 0.1) is 0 Å². The van der Waals surface area contributed by atoms with Gasteiger partial charge in [0, 0.05) is 32.6 Å².